The fourth-order valence-corrected chi connectivity index (χ4v) is 10.0. The molecule has 0 aliphatic carbocycles. The molecule has 7 aromatic rings. The zero-order valence-corrected chi connectivity index (χ0v) is 39.8. The van der Waals surface area contributed by atoms with E-state index in [9.17, 15) is 77.3 Å². The topological polar surface area (TPSA) is 424 Å². The number of nitro groups is 1. The van der Waals surface area contributed by atoms with E-state index in [4.69, 9.17) is 0 Å². The van der Waals surface area contributed by atoms with Gasteiger partial charge in [-0.15, -0.1) is 20.5 Å². The number of benzene rings is 5. The van der Waals surface area contributed by atoms with E-state index < -0.39 is 87.1 Å². The van der Waals surface area contributed by atoms with E-state index in [2.05, 4.69) is 41.4 Å². The molecule has 0 unspecified atom stereocenters. The first-order valence-electron chi connectivity index (χ1n) is 19.4. The monoisotopic (exact) mass is 1070 g/mol. The Hall–Kier alpha value is -8.50. The number of amides is 1. The summed E-state index contributed by atoms with van der Waals surface area (Å²) < 4.78 is 136. The van der Waals surface area contributed by atoms with E-state index in [-0.39, 0.29) is 66.5 Å². The number of nitrogens with zero attached hydrogens (tertiary/aromatic N) is 8. The zero-order chi connectivity index (χ0) is 52.5. The minimum Gasteiger partial charge on any atom is -0.339 e. The molecule has 7 N–H and O–H groups in total. The van der Waals surface area contributed by atoms with Gasteiger partial charge in [-0.1, -0.05) is 23.5 Å². The molecule has 2 heterocycles. The molecular formula is C41H27N11O15S5. The standard InChI is InChI=1S/C41H27N11O15S5/c1-21-32(18-42)38(45-24-6-10-28(11-7-24)69(56,57)58)47-39(46-25-8-12-29(13-9-25)70(59,60)61)37(21)49-50-40-33(19-43)36(22-2-4-23(5-3-22)44-20-53)41(68-40)51-48-26-14-30-31(34(15-26)71(62,63)64)16-27(52(54)55)17-35(30)72(65,66)67/h2-17,20H,1H3,(H,44,53)(H2,45,46,47)(H,56,57,58)(H,59,60,61)(H,62,63,64)(H,65,66,67)/b50-49?,51-48+. The first-order valence-corrected chi connectivity index (χ1v) is 25.9. The van der Waals surface area contributed by atoms with Crippen molar-refractivity contribution in [1.29, 1.82) is 10.5 Å². The number of thiophene rings is 1. The molecule has 0 bridgehead atoms. The summed E-state index contributed by atoms with van der Waals surface area (Å²) >= 11 is 0.669. The van der Waals surface area contributed by atoms with Gasteiger partial charge in [0, 0.05) is 51.1 Å². The van der Waals surface area contributed by atoms with Gasteiger partial charge < -0.3 is 16.0 Å². The number of hydrogen-bond donors (Lipinski definition) is 7. The summed E-state index contributed by atoms with van der Waals surface area (Å²) in [5.41, 5.74) is -0.867. The molecule has 0 saturated heterocycles. The Morgan fingerprint density at radius 2 is 1.14 bits per heavy atom. The van der Waals surface area contributed by atoms with Crippen LogP contribution in [-0.2, 0) is 45.3 Å². The van der Waals surface area contributed by atoms with Gasteiger partial charge in [-0.05, 0) is 85.3 Å². The molecule has 2 aromatic heterocycles. The largest absolute Gasteiger partial charge is 0.339 e. The molecule has 0 aliphatic heterocycles. The Labute approximate surface area is 409 Å². The summed E-state index contributed by atoms with van der Waals surface area (Å²) in [7, 11) is -19.8. The molecule has 0 aliphatic rings. The van der Waals surface area contributed by atoms with Crippen LogP contribution in [0.25, 0.3) is 21.9 Å². The van der Waals surface area contributed by atoms with Crippen LogP contribution in [0.4, 0.5) is 55.8 Å². The van der Waals surface area contributed by atoms with Crippen molar-refractivity contribution in [3.05, 3.63) is 124 Å². The summed E-state index contributed by atoms with van der Waals surface area (Å²) in [6, 6.07) is 21.9. The van der Waals surface area contributed by atoms with E-state index in [0.29, 0.717) is 41.6 Å². The fraction of sp³-hybridized carbons (Fsp3) is 0.0244. The number of fused-ring (bicyclic) bond motifs is 1. The number of carbonyl (C=O) groups is 1. The van der Waals surface area contributed by atoms with Crippen molar-refractivity contribution in [3.63, 3.8) is 0 Å². The predicted molar refractivity (Wildman–Crippen MR) is 256 cm³/mol. The molecule has 1 amide bonds. The second kappa shape index (κ2) is 19.7. The van der Waals surface area contributed by atoms with Crippen LogP contribution < -0.4 is 16.0 Å². The maximum atomic E-state index is 12.6. The Morgan fingerprint density at radius 3 is 1.64 bits per heavy atom. The summed E-state index contributed by atoms with van der Waals surface area (Å²) in [4.78, 5) is 23.2. The van der Waals surface area contributed by atoms with Gasteiger partial charge in [0.15, 0.2) is 16.6 Å². The van der Waals surface area contributed by atoms with Gasteiger partial charge in [-0.2, -0.15) is 44.2 Å². The number of non-ortho nitro benzene ring substituents is 1. The first-order chi connectivity index (χ1) is 33.8. The van der Waals surface area contributed by atoms with Gasteiger partial charge in [-0.25, -0.2) is 4.98 Å². The maximum absolute atomic E-state index is 12.6. The number of aromatic nitrogens is 1. The average Bonchev–Trinajstić information content (AvgIpc) is 3.66. The molecule has 7 rings (SSSR count). The Balaban J connectivity index is 1.41. The minimum atomic E-state index is -5.30. The number of azo groups is 2. The third kappa shape index (κ3) is 11.1. The third-order valence-electron chi connectivity index (χ3n) is 9.97. The van der Waals surface area contributed by atoms with Crippen LogP contribution in [0.15, 0.2) is 137 Å². The molecule has 0 fully saturated rings. The van der Waals surface area contributed by atoms with Crippen molar-refractivity contribution < 1.29 is 61.6 Å². The normalized spacial score (nSPS) is 12.2. The van der Waals surface area contributed by atoms with E-state index >= 15 is 0 Å². The summed E-state index contributed by atoms with van der Waals surface area (Å²) in [5, 5.41) is 56.2. The quantitative estimate of drug-likeness (QED) is 0.0156. The maximum Gasteiger partial charge on any atom is 0.295 e. The van der Waals surface area contributed by atoms with Crippen molar-refractivity contribution in [1.82, 2.24) is 4.98 Å². The summed E-state index contributed by atoms with van der Waals surface area (Å²) in [6.45, 7) is 1.45. The number of nitriles is 2. The zero-order valence-electron chi connectivity index (χ0n) is 35.7. The van der Waals surface area contributed by atoms with Crippen LogP contribution >= 0.6 is 11.3 Å². The average molecular weight is 1070 g/mol. The van der Waals surface area contributed by atoms with E-state index in [1.54, 1.807) is 0 Å². The van der Waals surface area contributed by atoms with Crippen LogP contribution in [0.2, 0.25) is 0 Å². The predicted octanol–water partition coefficient (Wildman–Crippen LogP) is 8.80. The van der Waals surface area contributed by atoms with E-state index in [1.807, 2.05) is 12.1 Å². The van der Waals surface area contributed by atoms with Crippen molar-refractivity contribution >= 4 is 125 Å². The van der Waals surface area contributed by atoms with Crippen LogP contribution in [0.3, 0.4) is 0 Å². The molecule has 26 nitrogen and oxygen atoms in total. The second-order valence-electron chi connectivity index (χ2n) is 14.5. The first kappa shape index (κ1) is 51.4. The molecular weight excluding hydrogens is 1050 g/mol. The molecule has 72 heavy (non-hydrogen) atoms. The lowest BCUT2D eigenvalue weighted by Crippen LogP contribution is -2.05. The number of carbonyl (C=O) groups excluding carboxylic acids is 1. The number of hydrogen-bond acceptors (Lipinski definition) is 21. The van der Waals surface area contributed by atoms with Crippen molar-refractivity contribution in [2.24, 2.45) is 20.5 Å². The number of nitro benzene ring substituents is 1. The van der Waals surface area contributed by atoms with Gasteiger partial charge in [0.25, 0.3) is 46.2 Å². The van der Waals surface area contributed by atoms with Crippen LogP contribution in [-0.4, -0.2) is 68.2 Å². The van der Waals surface area contributed by atoms with Crippen molar-refractivity contribution in [2.45, 2.75) is 26.5 Å². The highest BCUT2D eigenvalue weighted by Crippen LogP contribution is 2.49. The molecule has 0 spiro atoms. The lowest BCUT2D eigenvalue weighted by atomic mass is 10.0. The SMILES string of the molecule is Cc1c(C#N)c(Nc2ccc(S(=O)(=O)O)cc2)nc(Nc2ccc(S(=O)(=O)O)cc2)c1N=Nc1sc(/N=N/c2cc(S(=O)(=O)O)c3cc([N+](=O)[O-])cc(S(=O)(=O)O)c3c2)c(-c2ccc(NC=O)cc2)c1C#N. The van der Waals surface area contributed by atoms with Crippen LogP contribution in [0.1, 0.15) is 16.7 Å². The number of pyridine rings is 1. The molecule has 0 saturated carbocycles. The molecule has 5 aromatic carbocycles. The van der Waals surface area contributed by atoms with E-state index in [0.717, 1.165) is 30.3 Å². The highest BCUT2D eigenvalue weighted by Gasteiger charge is 2.27. The smallest absolute Gasteiger partial charge is 0.295 e. The lowest BCUT2D eigenvalue weighted by Gasteiger charge is -2.16. The second-order valence-corrected chi connectivity index (χ2v) is 21.1. The van der Waals surface area contributed by atoms with Gasteiger partial charge in [0.2, 0.25) is 6.41 Å². The Bertz CT molecular complexity index is 4030. The van der Waals surface area contributed by atoms with Crippen LogP contribution in [0.5, 0.6) is 0 Å². The van der Waals surface area contributed by atoms with Crippen molar-refractivity contribution in [3.8, 4) is 23.3 Å². The van der Waals surface area contributed by atoms with E-state index in [1.165, 1.54) is 55.5 Å². The molecule has 0 radical (unpaired) electrons. The Kier molecular flexibility index (Phi) is 14.1. The van der Waals surface area contributed by atoms with Gasteiger partial charge in [0.05, 0.1) is 26.0 Å². The van der Waals surface area contributed by atoms with Crippen LogP contribution in [0, 0.1) is 39.7 Å². The summed E-state index contributed by atoms with van der Waals surface area (Å²) in [6.07, 6.45) is 0.410. The minimum absolute atomic E-state index is 0.0206. The molecule has 0 atom stereocenters. The Morgan fingerprint density at radius 1 is 0.639 bits per heavy atom. The number of anilines is 5. The van der Waals surface area contributed by atoms with Gasteiger partial charge in [-0.3, -0.25) is 33.1 Å². The number of rotatable bonds is 16. The molecule has 366 valence electrons. The number of nitrogens with one attached hydrogen (secondary N) is 3. The molecule has 31 heteroatoms. The summed E-state index contributed by atoms with van der Waals surface area (Å²) in [5.74, 6) is -0.273. The highest BCUT2D eigenvalue weighted by atomic mass is 32.2. The highest BCUT2D eigenvalue weighted by molar-refractivity contribution is 7.86. The lowest BCUT2D eigenvalue weighted by molar-refractivity contribution is -0.384. The van der Waals surface area contributed by atoms with Crippen molar-refractivity contribution in [2.75, 3.05) is 16.0 Å². The fourth-order valence-electron chi connectivity index (χ4n) is 6.70. The third-order valence-corrected chi connectivity index (χ3v) is 14.4. The van der Waals surface area contributed by atoms with Gasteiger partial charge in [0.1, 0.15) is 38.2 Å². The van der Waals surface area contributed by atoms with Gasteiger partial charge >= 0.3 is 0 Å².